The molecule has 2 fully saturated rings. The molecule has 0 spiro atoms. The molecule has 2 aliphatic heterocycles. The number of hydrogen-bond acceptors (Lipinski definition) is 13. The number of unbranched alkanes of at least 4 members (excludes halogenated alkanes) is 19. The molecule has 0 saturated carbocycles. The molecule has 9 N–H and O–H groups in total. The van der Waals surface area contributed by atoms with Crippen LogP contribution in [0.25, 0.3) is 0 Å². The van der Waals surface area contributed by atoms with Crippen LogP contribution in [0.15, 0.2) is 24.3 Å². The highest BCUT2D eigenvalue weighted by Gasteiger charge is 2.50. The zero-order valence-corrected chi connectivity index (χ0v) is 36.2. The van der Waals surface area contributed by atoms with E-state index in [1.165, 1.54) is 96.3 Å². The summed E-state index contributed by atoms with van der Waals surface area (Å²) < 4.78 is 22.6. The summed E-state index contributed by atoms with van der Waals surface area (Å²) in [6.45, 7) is 2.72. The number of ether oxygens (including phenoxy) is 4. The first kappa shape index (κ1) is 53.6. The van der Waals surface area contributed by atoms with Crippen molar-refractivity contribution in [1.29, 1.82) is 0 Å². The summed E-state index contributed by atoms with van der Waals surface area (Å²) in [4.78, 5) is 13.1. The van der Waals surface area contributed by atoms with Crippen LogP contribution in [0.1, 0.15) is 162 Å². The van der Waals surface area contributed by atoms with Gasteiger partial charge in [0.05, 0.1) is 32.0 Å². The highest BCUT2D eigenvalue weighted by Crippen LogP contribution is 2.30. The molecule has 0 radical (unpaired) electrons. The molecule has 12 unspecified atom stereocenters. The van der Waals surface area contributed by atoms with Crippen molar-refractivity contribution in [2.45, 2.75) is 235 Å². The van der Waals surface area contributed by atoms with Gasteiger partial charge in [-0.3, -0.25) is 4.79 Å². The third-order valence-electron chi connectivity index (χ3n) is 11.4. The van der Waals surface area contributed by atoms with Crippen LogP contribution in [0, 0.1) is 0 Å². The molecule has 0 bridgehead atoms. The summed E-state index contributed by atoms with van der Waals surface area (Å²) in [6, 6.07) is -0.924. The first-order valence-electron chi connectivity index (χ1n) is 23.1. The normalized spacial score (nSPS) is 28.7. The molecule has 2 rings (SSSR count). The lowest BCUT2D eigenvalue weighted by Crippen LogP contribution is -2.65. The third kappa shape index (κ3) is 21.4. The fourth-order valence-corrected chi connectivity index (χ4v) is 7.54. The average Bonchev–Trinajstić information content (AvgIpc) is 3.23. The molecule has 12 atom stereocenters. The molecule has 0 aromatic carbocycles. The van der Waals surface area contributed by atoms with E-state index < -0.39 is 86.8 Å². The molecule has 0 aliphatic carbocycles. The van der Waals surface area contributed by atoms with Crippen LogP contribution in [-0.4, -0.2) is 140 Å². The first-order chi connectivity index (χ1) is 28.6. The van der Waals surface area contributed by atoms with Gasteiger partial charge in [-0.15, -0.1) is 0 Å². The van der Waals surface area contributed by atoms with Crippen LogP contribution >= 0.6 is 0 Å². The van der Waals surface area contributed by atoms with Gasteiger partial charge >= 0.3 is 0 Å². The van der Waals surface area contributed by atoms with Gasteiger partial charge in [0.1, 0.15) is 48.8 Å². The van der Waals surface area contributed by atoms with Gasteiger partial charge in [0, 0.05) is 6.42 Å². The Morgan fingerprint density at radius 3 is 1.66 bits per heavy atom. The number of rotatable bonds is 34. The second-order valence-corrected chi connectivity index (χ2v) is 16.5. The average molecular weight is 846 g/mol. The molecular weight excluding hydrogens is 762 g/mol. The van der Waals surface area contributed by atoms with E-state index in [1.54, 1.807) is 6.08 Å². The minimum atomic E-state index is -1.79. The summed E-state index contributed by atoms with van der Waals surface area (Å²) in [7, 11) is 0. The highest BCUT2D eigenvalue weighted by molar-refractivity contribution is 5.76. The molecule has 0 aromatic heterocycles. The van der Waals surface area contributed by atoms with Crippen molar-refractivity contribution in [3.63, 3.8) is 0 Å². The van der Waals surface area contributed by atoms with Crippen LogP contribution in [-0.2, 0) is 23.7 Å². The van der Waals surface area contributed by atoms with E-state index in [4.69, 9.17) is 18.9 Å². The molecule has 2 aliphatic rings. The maximum Gasteiger partial charge on any atom is 0.220 e. The van der Waals surface area contributed by atoms with Gasteiger partial charge in [-0.2, -0.15) is 0 Å². The van der Waals surface area contributed by atoms with Gasteiger partial charge < -0.3 is 65.1 Å². The Hall–Kier alpha value is -1.53. The lowest BCUT2D eigenvalue weighted by atomic mass is 9.97. The first-order valence-corrected chi connectivity index (χ1v) is 23.1. The molecule has 2 heterocycles. The van der Waals surface area contributed by atoms with Gasteiger partial charge in [0.25, 0.3) is 0 Å². The summed E-state index contributed by atoms with van der Waals surface area (Å²) in [5, 5.41) is 86.4. The van der Waals surface area contributed by atoms with E-state index in [9.17, 15) is 45.6 Å². The van der Waals surface area contributed by atoms with Crippen molar-refractivity contribution < 1.29 is 64.6 Å². The van der Waals surface area contributed by atoms with Crippen molar-refractivity contribution in [2.24, 2.45) is 0 Å². The maximum absolute atomic E-state index is 13.1. The van der Waals surface area contributed by atoms with Crippen molar-refractivity contribution >= 4 is 5.91 Å². The van der Waals surface area contributed by atoms with E-state index in [1.807, 2.05) is 6.08 Å². The summed E-state index contributed by atoms with van der Waals surface area (Å²) in [5.74, 6) is -0.252. The monoisotopic (exact) mass is 846 g/mol. The smallest absolute Gasteiger partial charge is 0.220 e. The van der Waals surface area contributed by atoms with E-state index >= 15 is 0 Å². The Morgan fingerprint density at radius 1 is 0.593 bits per heavy atom. The molecule has 1 amide bonds. The fraction of sp³-hybridized carbons (Fsp3) is 0.889. The Balaban J connectivity index is 1.92. The Kier molecular flexibility index (Phi) is 30.1. The van der Waals surface area contributed by atoms with E-state index in [-0.39, 0.29) is 18.9 Å². The molecular formula is C45H83NO13. The quantitative estimate of drug-likeness (QED) is 0.0319. The summed E-state index contributed by atoms with van der Waals surface area (Å²) >= 11 is 0. The number of aliphatic hydroxyl groups excluding tert-OH is 8. The minimum Gasteiger partial charge on any atom is -0.394 e. The maximum atomic E-state index is 13.1. The molecule has 2 saturated heterocycles. The Labute approximate surface area is 354 Å². The van der Waals surface area contributed by atoms with Crippen LogP contribution in [0.5, 0.6) is 0 Å². The highest BCUT2D eigenvalue weighted by atomic mass is 16.7. The number of nitrogens with one attached hydrogen (secondary N) is 1. The topological polar surface area (TPSA) is 228 Å². The van der Waals surface area contributed by atoms with E-state index in [0.717, 1.165) is 32.1 Å². The molecule has 0 aromatic rings. The Morgan fingerprint density at radius 2 is 1.08 bits per heavy atom. The number of hydrogen-bond donors (Lipinski definition) is 9. The molecule has 346 valence electrons. The summed E-state index contributed by atoms with van der Waals surface area (Å²) in [6.07, 6.45) is 16.6. The van der Waals surface area contributed by atoms with Crippen LogP contribution in [0.4, 0.5) is 0 Å². The van der Waals surface area contributed by atoms with Crippen LogP contribution in [0.3, 0.4) is 0 Å². The van der Waals surface area contributed by atoms with E-state index in [2.05, 4.69) is 31.3 Å². The lowest BCUT2D eigenvalue weighted by Gasteiger charge is -2.46. The van der Waals surface area contributed by atoms with Crippen molar-refractivity contribution in [1.82, 2.24) is 5.32 Å². The molecule has 14 nitrogen and oxygen atoms in total. The molecule has 59 heavy (non-hydrogen) atoms. The van der Waals surface area contributed by atoms with Gasteiger partial charge in [0.2, 0.25) is 5.91 Å². The van der Waals surface area contributed by atoms with Crippen LogP contribution < -0.4 is 5.32 Å². The lowest BCUT2D eigenvalue weighted by molar-refractivity contribution is -0.359. The van der Waals surface area contributed by atoms with Crippen molar-refractivity contribution in [3.05, 3.63) is 24.3 Å². The SMILES string of the molecule is CCCCCCCC/C=C/CC/C=C/C(O)C(COC1OC(CO)C(OC2OC(CO)C(O)C(O)C2O)C(O)C1O)NC(=O)CCCCCCCCCCCCCCC. The fourth-order valence-electron chi connectivity index (χ4n) is 7.54. The van der Waals surface area contributed by atoms with Gasteiger partial charge in [-0.25, -0.2) is 0 Å². The van der Waals surface area contributed by atoms with E-state index in [0.29, 0.717) is 12.8 Å². The summed E-state index contributed by atoms with van der Waals surface area (Å²) in [5.41, 5.74) is 0. The van der Waals surface area contributed by atoms with Gasteiger partial charge in [-0.05, 0) is 32.1 Å². The standard InChI is InChI=1S/C45H83NO13/c1-3-5-7-9-11-13-15-17-19-21-23-25-27-29-37(50)46-33(34(49)28-26-24-22-20-18-16-14-12-10-8-6-4-2)32-56-44-42(55)40(53)43(36(31-48)58-44)59-45-41(54)39(52)38(51)35(30-47)57-45/h18,20,26,28,33-36,38-45,47-49,51-55H,3-17,19,21-25,27,29-32H2,1-2H3,(H,46,50)/b20-18+,28-26+. The minimum absolute atomic E-state index is 0.252. The number of allylic oxidation sites excluding steroid dienone is 3. The van der Waals surface area contributed by atoms with Gasteiger partial charge in [-0.1, -0.05) is 147 Å². The zero-order chi connectivity index (χ0) is 43.3. The Bertz CT molecular complexity index is 1090. The van der Waals surface area contributed by atoms with Crippen LogP contribution in [0.2, 0.25) is 0 Å². The number of amides is 1. The van der Waals surface area contributed by atoms with Crippen molar-refractivity contribution in [3.8, 4) is 0 Å². The predicted octanol–water partition coefficient (Wildman–Crippen LogP) is 4.60. The second kappa shape index (κ2) is 33.1. The number of carbonyl (C=O) groups is 1. The van der Waals surface area contributed by atoms with Gasteiger partial charge in [0.15, 0.2) is 12.6 Å². The number of carbonyl (C=O) groups excluding carboxylic acids is 1. The van der Waals surface area contributed by atoms with Crippen molar-refractivity contribution in [2.75, 3.05) is 19.8 Å². The predicted molar refractivity (Wildman–Crippen MR) is 226 cm³/mol. The third-order valence-corrected chi connectivity index (χ3v) is 11.4. The zero-order valence-electron chi connectivity index (χ0n) is 36.2. The number of aliphatic hydroxyl groups is 8. The molecule has 14 heteroatoms. The second-order valence-electron chi connectivity index (χ2n) is 16.5. The largest absolute Gasteiger partial charge is 0.394 e.